The maximum atomic E-state index is 6.30. The summed E-state index contributed by atoms with van der Waals surface area (Å²) in [4.78, 5) is 0. The van der Waals surface area contributed by atoms with Gasteiger partial charge in [0.2, 0.25) is 0 Å². The Morgan fingerprint density at radius 3 is 3.06 bits per heavy atom. The number of hydrogen-bond donors (Lipinski definition) is 2. The number of nitrogens with one attached hydrogen (secondary N) is 1. The van der Waals surface area contributed by atoms with E-state index in [9.17, 15) is 0 Å². The number of ether oxygens (including phenoxy) is 2. The number of morpholine rings is 1. The van der Waals surface area contributed by atoms with Crippen molar-refractivity contribution in [2.45, 2.75) is 25.4 Å². The second kappa shape index (κ2) is 6.18. The first-order valence-corrected chi connectivity index (χ1v) is 6.42. The van der Waals surface area contributed by atoms with Gasteiger partial charge < -0.3 is 20.5 Å². The van der Waals surface area contributed by atoms with Gasteiger partial charge in [-0.15, -0.1) is 0 Å². The summed E-state index contributed by atoms with van der Waals surface area (Å²) in [5.41, 5.74) is 8.57. The minimum Gasteiger partial charge on any atom is -0.496 e. The quantitative estimate of drug-likeness (QED) is 0.847. The van der Waals surface area contributed by atoms with Crippen LogP contribution >= 0.6 is 0 Å². The lowest BCUT2D eigenvalue weighted by Crippen LogP contribution is -2.42. The van der Waals surface area contributed by atoms with Gasteiger partial charge in [0.25, 0.3) is 0 Å². The molecule has 4 nitrogen and oxygen atoms in total. The molecular weight excluding hydrogens is 228 g/mol. The molecule has 18 heavy (non-hydrogen) atoms. The smallest absolute Gasteiger partial charge is 0.123 e. The predicted octanol–water partition coefficient (Wildman–Crippen LogP) is 1.38. The van der Waals surface area contributed by atoms with Crippen LogP contribution in [0.4, 0.5) is 0 Å². The normalized spacial score (nSPS) is 21.6. The standard InChI is InChI=1S/C14H22N2O2/c1-10-3-4-14(17-2)12(7-10)13(15)8-11-9-18-6-5-16-11/h3-4,7,11,13,16H,5-6,8-9,15H2,1-2H3. The Morgan fingerprint density at radius 1 is 1.56 bits per heavy atom. The maximum absolute atomic E-state index is 6.30. The molecule has 1 heterocycles. The van der Waals surface area contributed by atoms with Crippen LogP contribution in [-0.2, 0) is 4.74 Å². The minimum atomic E-state index is -0.0287. The maximum Gasteiger partial charge on any atom is 0.123 e. The second-order valence-electron chi connectivity index (χ2n) is 4.81. The lowest BCUT2D eigenvalue weighted by atomic mass is 9.97. The molecule has 100 valence electrons. The van der Waals surface area contributed by atoms with Crippen molar-refractivity contribution < 1.29 is 9.47 Å². The van der Waals surface area contributed by atoms with E-state index in [1.165, 1.54) is 5.56 Å². The summed E-state index contributed by atoms with van der Waals surface area (Å²) in [6.07, 6.45) is 0.861. The number of aryl methyl sites for hydroxylation is 1. The predicted molar refractivity (Wildman–Crippen MR) is 71.9 cm³/mol. The van der Waals surface area contributed by atoms with Gasteiger partial charge in [0.1, 0.15) is 5.75 Å². The van der Waals surface area contributed by atoms with Crippen LogP contribution in [0, 0.1) is 6.92 Å². The third kappa shape index (κ3) is 3.22. The molecule has 0 radical (unpaired) electrons. The summed E-state index contributed by atoms with van der Waals surface area (Å²) >= 11 is 0. The van der Waals surface area contributed by atoms with Gasteiger partial charge in [-0.05, 0) is 19.4 Å². The van der Waals surface area contributed by atoms with Crippen molar-refractivity contribution in [2.24, 2.45) is 5.73 Å². The first kappa shape index (κ1) is 13.3. The van der Waals surface area contributed by atoms with E-state index >= 15 is 0 Å². The minimum absolute atomic E-state index is 0.0287. The van der Waals surface area contributed by atoms with E-state index in [0.717, 1.165) is 37.5 Å². The molecule has 1 aliphatic rings. The molecule has 0 spiro atoms. The topological polar surface area (TPSA) is 56.5 Å². The Bertz CT molecular complexity index is 389. The molecule has 0 aromatic heterocycles. The van der Waals surface area contributed by atoms with Crippen LogP contribution < -0.4 is 15.8 Å². The van der Waals surface area contributed by atoms with Crippen molar-refractivity contribution in [1.29, 1.82) is 0 Å². The molecule has 0 aliphatic carbocycles. The zero-order valence-corrected chi connectivity index (χ0v) is 11.1. The molecule has 4 heteroatoms. The van der Waals surface area contributed by atoms with Crippen molar-refractivity contribution in [1.82, 2.24) is 5.32 Å². The largest absolute Gasteiger partial charge is 0.496 e. The van der Waals surface area contributed by atoms with Crippen LogP contribution in [0.5, 0.6) is 5.75 Å². The number of benzene rings is 1. The third-order valence-corrected chi connectivity index (χ3v) is 3.32. The number of nitrogens with two attached hydrogens (primary N) is 1. The van der Waals surface area contributed by atoms with Gasteiger partial charge in [0.05, 0.1) is 20.3 Å². The van der Waals surface area contributed by atoms with E-state index in [2.05, 4.69) is 18.3 Å². The Hall–Kier alpha value is -1.10. The first-order chi connectivity index (χ1) is 8.70. The fourth-order valence-electron chi connectivity index (χ4n) is 2.35. The molecule has 2 rings (SSSR count). The molecule has 0 bridgehead atoms. The fourth-order valence-corrected chi connectivity index (χ4v) is 2.35. The molecule has 0 saturated carbocycles. The van der Waals surface area contributed by atoms with Gasteiger partial charge in [-0.3, -0.25) is 0 Å². The van der Waals surface area contributed by atoms with Crippen LogP contribution in [-0.4, -0.2) is 32.9 Å². The van der Waals surface area contributed by atoms with Gasteiger partial charge >= 0.3 is 0 Å². The Balaban J connectivity index is 2.07. The highest BCUT2D eigenvalue weighted by molar-refractivity contribution is 5.39. The molecule has 1 aromatic rings. The summed E-state index contributed by atoms with van der Waals surface area (Å²) in [7, 11) is 1.68. The van der Waals surface area contributed by atoms with E-state index in [0.29, 0.717) is 6.04 Å². The van der Waals surface area contributed by atoms with Crippen molar-refractivity contribution in [3.8, 4) is 5.75 Å². The summed E-state index contributed by atoms with van der Waals surface area (Å²) in [6, 6.07) is 6.43. The Kier molecular flexibility index (Phi) is 4.58. The lowest BCUT2D eigenvalue weighted by molar-refractivity contribution is 0.0719. The highest BCUT2D eigenvalue weighted by atomic mass is 16.5. The highest BCUT2D eigenvalue weighted by Crippen LogP contribution is 2.27. The van der Waals surface area contributed by atoms with Crippen molar-refractivity contribution >= 4 is 0 Å². The van der Waals surface area contributed by atoms with Crippen LogP contribution in [0.25, 0.3) is 0 Å². The highest BCUT2D eigenvalue weighted by Gasteiger charge is 2.19. The van der Waals surface area contributed by atoms with Crippen LogP contribution in [0.3, 0.4) is 0 Å². The Morgan fingerprint density at radius 2 is 2.39 bits per heavy atom. The molecule has 2 unspecified atom stereocenters. The van der Waals surface area contributed by atoms with Crippen LogP contribution in [0.1, 0.15) is 23.6 Å². The molecule has 1 fully saturated rings. The summed E-state index contributed by atoms with van der Waals surface area (Å²) < 4.78 is 10.8. The average molecular weight is 250 g/mol. The number of methoxy groups -OCH3 is 1. The van der Waals surface area contributed by atoms with E-state index in [1.54, 1.807) is 7.11 Å². The van der Waals surface area contributed by atoms with Gasteiger partial charge in [-0.2, -0.15) is 0 Å². The molecular formula is C14H22N2O2. The molecule has 1 aliphatic heterocycles. The third-order valence-electron chi connectivity index (χ3n) is 3.32. The van der Waals surface area contributed by atoms with Crippen molar-refractivity contribution in [2.75, 3.05) is 26.9 Å². The SMILES string of the molecule is COc1ccc(C)cc1C(N)CC1COCCN1. The average Bonchev–Trinajstić information content (AvgIpc) is 2.40. The molecule has 1 saturated heterocycles. The van der Waals surface area contributed by atoms with Crippen molar-refractivity contribution in [3.63, 3.8) is 0 Å². The van der Waals surface area contributed by atoms with Crippen LogP contribution in [0.2, 0.25) is 0 Å². The Labute approximate surface area is 108 Å². The number of hydrogen-bond acceptors (Lipinski definition) is 4. The second-order valence-corrected chi connectivity index (χ2v) is 4.81. The fraction of sp³-hybridized carbons (Fsp3) is 0.571. The first-order valence-electron chi connectivity index (χ1n) is 6.42. The van der Waals surface area contributed by atoms with E-state index in [1.807, 2.05) is 12.1 Å². The van der Waals surface area contributed by atoms with Crippen molar-refractivity contribution in [3.05, 3.63) is 29.3 Å². The summed E-state index contributed by atoms with van der Waals surface area (Å²) in [5.74, 6) is 0.866. The molecule has 2 atom stereocenters. The van der Waals surface area contributed by atoms with E-state index < -0.39 is 0 Å². The molecule has 1 aromatic carbocycles. The van der Waals surface area contributed by atoms with Gasteiger partial charge in [-0.1, -0.05) is 17.7 Å². The van der Waals surface area contributed by atoms with Gasteiger partial charge in [0, 0.05) is 24.2 Å². The monoisotopic (exact) mass is 250 g/mol. The number of rotatable bonds is 4. The summed E-state index contributed by atoms with van der Waals surface area (Å²) in [5, 5.41) is 3.43. The lowest BCUT2D eigenvalue weighted by Gasteiger charge is -2.27. The van der Waals surface area contributed by atoms with Crippen LogP contribution in [0.15, 0.2) is 18.2 Å². The molecule has 3 N–H and O–H groups in total. The summed E-state index contributed by atoms with van der Waals surface area (Å²) in [6.45, 7) is 4.50. The zero-order valence-electron chi connectivity index (χ0n) is 11.1. The van der Waals surface area contributed by atoms with E-state index in [-0.39, 0.29) is 6.04 Å². The molecule has 0 amide bonds. The van der Waals surface area contributed by atoms with Gasteiger partial charge in [0.15, 0.2) is 0 Å². The van der Waals surface area contributed by atoms with E-state index in [4.69, 9.17) is 15.2 Å². The van der Waals surface area contributed by atoms with Gasteiger partial charge in [-0.25, -0.2) is 0 Å². The zero-order chi connectivity index (χ0) is 13.0.